The van der Waals surface area contributed by atoms with Crippen molar-refractivity contribution in [3.63, 3.8) is 0 Å². The number of hydrogen-bond donors (Lipinski definition) is 6. The molecule has 0 aliphatic heterocycles. The first-order chi connectivity index (χ1) is 24.6. The number of aromatic amines is 2. The maximum atomic E-state index is 12.8. The molecule has 14 nitrogen and oxygen atoms in total. The predicted molar refractivity (Wildman–Crippen MR) is 197 cm³/mol. The SMILES string of the molecule is CC(C)[C@@H](N[C@@H](c1ncc(-c2cccc(-c3ccccc3)c2-c2cnc([C@H](N[C@@H](C(=O)OC(N)=O)C(C)C)C(C)C)[nH]2)[nH]1)C(C)C)C(=O)OC(N)=O. The Morgan fingerprint density at radius 2 is 1.04 bits per heavy atom. The molecule has 4 aromatic rings. The number of nitrogens with zero attached hydrogens (tertiary/aromatic N) is 2. The Morgan fingerprint density at radius 1 is 0.596 bits per heavy atom. The van der Waals surface area contributed by atoms with Crippen molar-refractivity contribution in [3.05, 3.63) is 72.6 Å². The van der Waals surface area contributed by atoms with Crippen LogP contribution >= 0.6 is 0 Å². The summed E-state index contributed by atoms with van der Waals surface area (Å²) in [5.74, 6) is -0.782. The van der Waals surface area contributed by atoms with Crippen molar-refractivity contribution in [1.29, 1.82) is 0 Å². The van der Waals surface area contributed by atoms with Gasteiger partial charge < -0.3 is 30.9 Å². The molecular weight excluding hydrogens is 664 g/mol. The van der Waals surface area contributed by atoms with Crippen LogP contribution in [0.5, 0.6) is 0 Å². The quantitative estimate of drug-likeness (QED) is 0.0623. The zero-order chi connectivity index (χ0) is 38.3. The van der Waals surface area contributed by atoms with E-state index in [0.717, 1.165) is 33.6 Å². The second-order valence-corrected chi connectivity index (χ2v) is 14.2. The fourth-order valence-electron chi connectivity index (χ4n) is 6.13. The number of carbonyl (C=O) groups excluding carboxylic acids is 4. The summed E-state index contributed by atoms with van der Waals surface area (Å²) in [4.78, 5) is 64.9. The molecule has 2 aromatic carbocycles. The van der Waals surface area contributed by atoms with Gasteiger partial charge in [0.15, 0.2) is 0 Å². The maximum absolute atomic E-state index is 12.8. The van der Waals surface area contributed by atoms with Crippen LogP contribution in [0.3, 0.4) is 0 Å². The van der Waals surface area contributed by atoms with Gasteiger partial charge in [-0.2, -0.15) is 0 Å². The average molecular weight is 715 g/mol. The Balaban J connectivity index is 1.80. The standard InChI is InChI=1S/C38H50N8O6/c1-19(2)29(45-31(21(5)6)35(47)51-37(39)49)33-41-17-26(43-33)25-16-12-15-24(23-13-10-9-11-14-23)28(25)27-18-42-34(44-27)30(20(3)4)46-32(22(7)8)36(48)52-38(40)50/h9-22,29-32,45-46H,1-8H3,(H2,39,49)(H2,40,50)(H,41,43)(H,42,44)/t29-,30-,31-,32-/m1/s1. The van der Waals surface area contributed by atoms with Crippen LogP contribution in [0.4, 0.5) is 9.59 Å². The highest BCUT2D eigenvalue weighted by Gasteiger charge is 2.33. The third-order valence-electron chi connectivity index (χ3n) is 8.78. The van der Waals surface area contributed by atoms with Crippen molar-refractivity contribution in [1.82, 2.24) is 30.6 Å². The van der Waals surface area contributed by atoms with Gasteiger partial charge in [0.2, 0.25) is 0 Å². The molecule has 4 atom stereocenters. The minimum absolute atomic E-state index is 0.0118. The number of hydrogen-bond acceptors (Lipinski definition) is 10. The Bertz CT molecular complexity index is 1850. The number of primary amides is 2. The minimum atomic E-state index is -1.16. The molecule has 0 aliphatic carbocycles. The second kappa shape index (κ2) is 17.2. The molecular formula is C38H50N8O6. The zero-order valence-electron chi connectivity index (χ0n) is 30.9. The molecule has 0 fully saturated rings. The van der Waals surface area contributed by atoms with Gasteiger partial charge in [-0.05, 0) is 34.8 Å². The van der Waals surface area contributed by atoms with Gasteiger partial charge in [-0.3, -0.25) is 10.6 Å². The number of rotatable bonds is 15. The zero-order valence-corrected chi connectivity index (χ0v) is 30.9. The van der Waals surface area contributed by atoms with E-state index in [9.17, 15) is 19.2 Å². The predicted octanol–water partition coefficient (Wildman–Crippen LogP) is 6.00. The monoisotopic (exact) mass is 714 g/mol. The van der Waals surface area contributed by atoms with E-state index in [4.69, 9.17) is 30.9 Å². The number of nitrogens with one attached hydrogen (secondary N) is 4. The Hall–Kier alpha value is -5.34. The molecule has 278 valence electrons. The van der Waals surface area contributed by atoms with Crippen molar-refractivity contribution in [2.24, 2.45) is 35.1 Å². The van der Waals surface area contributed by atoms with E-state index in [-0.39, 0.29) is 23.7 Å². The van der Waals surface area contributed by atoms with E-state index in [1.807, 2.05) is 104 Å². The number of aromatic nitrogens is 4. The Morgan fingerprint density at radius 3 is 1.48 bits per heavy atom. The molecule has 0 unspecified atom stereocenters. The molecule has 0 bridgehead atoms. The highest BCUT2D eigenvalue weighted by atomic mass is 16.6. The average Bonchev–Trinajstić information content (AvgIpc) is 3.75. The summed E-state index contributed by atoms with van der Waals surface area (Å²) in [6.07, 6.45) is 1.19. The van der Waals surface area contributed by atoms with E-state index in [1.165, 1.54) is 0 Å². The molecule has 0 saturated carbocycles. The summed E-state index contributed by atoms with van der Waals surface area (Å²) in [6.45, 7) is 15.4. The summed E-state index contributed by atoms with van der Waals surface area (Å²) in [5, 5.41) is 6.67. The lowest BCUT2D eigenvalue weighted by Gasteiger charge is -2.28. The van der Waals surface area contributed by atoms with Crippen LogP contribution in [-0.2, 0) is 19.1 Å². The topological polar surface area (TPSA) is 220 Å². The van der Waals surface area contributed by atoms with Crippen LogP contribution in [0, 0.1) is 23.7 Å². The van der Waals surface area contributed by atoms with Gasteiger partial charge in [0.1, 0.15) is 23.7 Å². The molecule has 52 heavy (non-hydrogen) atoms. The van der Waals surface area contributed by atoms with E-state index in [1.54, 1.807) is 12.4 Å². The van der Waals surface area contributed by atoms with Crippen molar-refractivity contribution in [2.75, 3.05) is 0 Å². The number of carbonyl (C=O) groups is 4. The molecule has 0 spiro atoms. The lowest BCUT2D eigenvalue weighted by Crippen LogP contribution is -2.46. The van der Waals surface area contributed by atoms with Gasteiger partial charge in [0.05, 0.1) is 35.9 Å². The summed E-state index contributed by atoms with van der Waals surface area (Å²) in [7, 11) is 0. The lowest BCUT2D eigenvalue weighted by molar-refractivity contribution is -0.142. The van der Waals surface area contributed by atoms with Crippen molar-refractivity contribution < 1.29 is 28.7 Å². The van der Waals surface area contributed by atoms with Gasteiger partial charge in [-0.1, -0.05) is 104 Å². The van der Waals surface area contributed by atoms with Crippen molar-refractivity contribution in [3.8, 4) is 33.6 Å². The molecule has 4 rings (SSSR count). The molecule has 8 N–H and O–H groups in total. The number of nitrogens with two attached hydrogens (primary N) is 2. The summed E-state index contributed by atoms with van der Waals surface area (Å²) < 4.78 is 9.47. The fourth-order valence-corrected chi connectivity index (χ4v) is 6.13. The van der Waals surface area contributed by atoms with Gasteiger partial charge in [0, 0.05) is 11.1 Å². The van der Waals surface area contributed by atoms with Crippen molar-refractivity contribution in [2.45, 2.75) is 79.6 Å². The normalized spacial score (nSPS) is 14.0. The first-order valence-electron chi connectivity index (χ1n) is 17.4. The van der Waals surface area contributed by atoms with E-state index in [2.05, 4.69) is 20.6 Å². The first kappa shape index (κ1) is 39.4. The molecule has 14 heteroatoms. The van der Waals surface area contributed by atoms with Crippen molar-refractivity contribution >= 4 is 24.1 Å². The number of imidazole rings is 2. The summed E-state index contributed by atoms with van der Waals surface area (Å²) in [6, 6.07) is 13.5. The second-order valence-electron chi connectivity index (χ2n) is 14.2. The Kier molecular flexibility index (Phi) is 13.1. The molecule has 0 saturated heterocycles. The minimum Gasteiger partial charge on any atom is -0.375 e. The molecule has 2 heterocycles. The first-order valence-corrected chi connectivity index (χ1v) is 17.4. The molecule has 2 amide bonds. The highest BCUT2D eigenvalue weighted by molar-refractivity contribution is 5.92. The van der Waals surface area contributed by atoms with E-state index >= 15 is 0 Å². The molecule has 0 aliphatic rings. The van der Waals surface area contributed by atoms with Crippen LogP contribution in [0.25, 0.3) is 33.6 Å². The number of H-pyrrole nitrogens is 2. The van der Waals surface area contributed by atoms with Crippen LogP contribution < -0.4 is 22.1 Å². The van der Waals surface area contributed by atoms with Gasteiger partial charge in [-0.15, -0.1) is 0 Å². The van der Waals surface area contributed by atoms with Crippen LogP contribution in [0.1, 0.15) is 79.1 Å². The van der Waals surface area contributed by atoms with E-state index < -0.39 is 48.3 Å². The summed E-state index contributed by atoms with van der Waals surface area (Å²) in [5.41, 5.74) is 15.4. The van der Waals surface area contributed by atoms with Gasteiger partial charge in [-0.25, -0.2) is 29.1 Å². The lowest BCUT2D eigenvalue weighted by atomic mass is 9.92. The maximum Gasteiger partial charge on any atom is 0.412 e. The number of ether oxygens (including phenoxy) is 2. The van der Waals surface area contributed by atoms with Crippen LogP contribution in [-0.4, -0.2) is 56.1 Å². The third kappa shape index (κ3) is 9.50. The molecule has 2 aromatic heterocycles. The largest absolute Gasteiger partial charge is 0.412 e. The number of benzene rings is 2. The molecule has 0 radical (unpaired) electrons. The van der Waals surface area contributed by atoms with Crippen LogP contribution in [0.15, 0.2) is 60.9 Å². The number of amides is 2. The summed E-state index contributed by atoms with van der Waals surface area (Å²) >= 11 is 0. The van der Waals surface area contributed by atoms with Gasteiger partial charge in [0.25, 0.3) is 0 Å². The Labute approximate surface area is 303 Å². The smallest absolute Gasteiger partial charge is 0.375 e. The fraction of sp³-hybridized carbons (Fsp3) is 0.421. The third-order valence-corrected chi connectivity index (χ3v) is 8.78. The van der Waals surface area contributed by atoms with Crippen LogP contribution in [0.2, 0.25) is 0 Å². The van der Waals surface area contributed by atoms with E-state index in [0.29, 0.717) is 11.6 Å². The van der Waals surface area contributed by atoms with Gasteiger partial charge >= 0.3 is 24.1 Å². The highest BCUT2D eigenvalue weighted by Crippen LogP contribution is 2.40. The number of esters is 2.